The van der Waals surface area contributed by atoms with Crippen LogP contribution in [-0.2, 0) is 24.3 Å². The SMILES string of the molecule is CCOC(=O)C1CCN(S(=O)(=O)c2cccc(C(=O)CNCC(c3cccs3)N3CCOCC3)c2)CC1. The molecule has 2 aromatic rings. The van der Waals surface area contributed by atoms with Gasteiger partial charge in [0.15, 0.2) is 5.78 Å². The van der Waals surface area contributed by atoms with E-state index in [-0.39, 0.29) is 48.2 Å². The molecule has 4 rings (SSSR count). The Morgan fingerprint density at radius 3 is 2.57 bits per heavy atom. The second-order valence-corrected chi connectivity index (χ2v) is 12.1. The molecule has 0 aliphatic carbocycles. The van der Waals surface area contributed by atoms with E-state index in [1.165, 1.54) is 21.3 Å². The van der Waals surface area contributed by atoms with E-state index in [4.69, 9.17) is 9.47 Å². The average Bonchev–Trinajstić information content (AvgIpc) is 3.46. The van der Waals surface area contributed by atoms with Crippen LogP contribution in [0.25, 0.3) is 0 Å². The predicted molar refractivity (Wildman–Crippen MR) is 141 cm³/mol. The molecule has 9 nitrogen and oxygen atoms in total. The van der Waals surface area contributed by atoms with Crippen molar-refractivity contribution in [2.24, 2.45) is 5.92 Å². The lowest BCUT2D eigenvalue weighted by atomic mass is 9.98. The van der Waals surface area contributed by atoms with Crippen molar-refractivity contribution in [2.45, 2.75) is 30.7 Å². The van der Waals surface area contributed by atoms with E-state index >= 15 is 0 Å². The van der Waals surface area contributed by atoms with Gasteiger partial charge in [0, 0.05) is 43.2 Å². The highest BCUT2D eigenvalue weighted by Gasteiger charge is 2.33. The van der Waals surface area contributed by atoms with Gasteiger partial charge >= 0.3 is 5.97 Å². The van der Waals surface area contributed by atoms with Crippen LogP contribution < -0.4 is 5.32 Å². The van der Waals surface area contributed by atoms with E-state index < -0.39 is 10.0 Å². The van der Waals surface area contributed by atoms with E-state index in [1.807, 2.05) is 6.07 Å². The van der Waals surface area contributed by atoms with Crippen LogP contribution in [-0.4, -0.2) is 88.5 Å². The summed E-state index contributed by atoms with van der Waals surface area (Å²) < 4.78 is 38.4. The van der Waals surface area contributed by atoms with E-state index in [1.54, 1.807) is 30.4 Å². The summed E-state index contributed by atoms with van der Waals surface area (Å²) in [5.41, 5.74) is 0.356. The number of Topliss-reactive ketones (excluding diaryl/α,β-unsaturated/α-hetero) is 1. The Morgan fingerprint density at radius 1 is 1.14 bits per heavy atom. The van der Waals surface area contributed by atoms with Gasteiger partial charge in [-0.25, -0.2) is 8.42 Å². The van der Waals surface area contributed by atoms with Crippen molar-refractivity contribution in [3.05, 3.63) is 52.2 Å². The summed E-state index contributed by atoms with van der Waals surface area (Å²) in [6.45, 7) is 6.37. The molecule has 1 aromatic carbocycles. The number of hydrogen-bond donors (Lipinski definition) is 1. The Morgan fingerprint density at radius 2 is 1.89 bits per heavy atom. The highest BCUT2D eigenvalue weighted by atomic mass is 32.2. The molecule has 1 N–H and O–H groups in total. The van der Waals surface area contributed by atoms with Crippen molar-refractivity contribution in [2.75, 3.05) is 59.1 Å². The first-order valence-corrected chi connectivity index (χ1v) is 15.1. The lowest BCUT2D eigenvalue weighted by Gasteiger charge is -2.34. The Bertz CT molecular complexity index is 1140. The maximum Gasteiger partial charge on any atom is 0.309 e. The molecule has 202 valence electrons. The van der Waals surface area contributed by atoms with E-state index in [0.29, 0.717) is 44.8 Å². The molecule has 2 aliphatic heterocycles. The average molecular weight is 550 g/mol. The normalized spacial score (nSPS) is 18.9. The number of esters is 1. The summed E-state index contributed by atoms with van der Waals surface area (Å²) in [6.07, 6.45) is 0.851. The van der Waals surface area contributed by atoms with Crippen LogP contribution in [0.1, 0.15) is 41.0 Å². The Hall–Kier alpha value is -2.15. The molecule has 11 heteroatoms. The van der Waals surface area contributed by atoms with Gasteiger partial charge in [0.25, 0.3) is 0 Å². The Balaban J connectivity index is 1.35. The summed E-state index contributed by atoms with van der Waals surface area (Å²) in [7, 11) is -3.77. The smallest absolute Gasteiger partial charge is 0.309 e. The number of morpholine rings is 1. The van der Waals surface area contributed by atoms with Gasteiger partial charge in [0.1, 0.15) is 0 Å². The van der Waals surface area contributed by atoms with Crippen molar-refractivity contribution >= 4 is 33.1 Å². The number of piperidine rings is 1. The third-order valence-electron chi connectivity index (χ3n) is 6.85. The zero-order valence-corrected chi connectivity index (χ0v) is 22.8. The van der Waals surface area contributed by atoms with Gasteiger partial charge in [-0.2, -0.15) is 4.31 Å². The molecule has 0 amide bonds. The van der Waals surface area contributed by atoms with Crippen LogP contribution in [0.5, 0.6) is 0 Å². The molecular weight excluding hydrogens is 514 g/mol. The third kappa shape index (κ3) is 7.04. The van der Waals surface area contributed by atoms with Gasteiger partial charge in [0.2, 0.25) is 10.0 Å². The molecule has 1 aromatic heterocycles. The first-order chi connectivity index (χ1) is 17.9. The second kappa shape index (κ2) is 13.1. The monoisotopic (exact) mass is 549 g/mol. The number of nitrogens with one attached hydrogen (secondary N) is 1. The van der Waals surface area contributed by atoms with Crippen molar-refractivity contribution < 1.29 is 27.5 Å². The number of carbonyl (C=O) groups is 2. The molecule has 2 saturated heterocycles. The molecule has 37 heavy (non-hydrogen) atoms. The second-order valence-electron chi connectivity index (χ2n) is 9.19. The Labute approximate surface area is 222 Å². The zero-order chi connectivity index (χ0) is 26.3. The molecule has 1 unspecified atom stereocenters. The first kappa shape index (κ1) is 27.9. The summed E-state index contributed by atoms with van der Waals surface area (Å²) in [5.74, 6) is -0.708. The number of carbonyl (C=O) groups excluding carboxylic acids is 2. The molecule has 0 spiro atoms. The highest BCUT2D eigenvalue weighted by Crippen LogP contribution is 2.26. The van der Waals surface area contributed by atoms with Crippen LogP contribution in [0, 0.1) is 5.92 Å². The van der Waals surface area contributed by atoms with Crippen LogP contribution in [0.15, 0.2) is 46.7 Å². The highest BCUT2D eigenvalue weighted by molar-refractivity contribution is 7.89. The summed E-state index contributed by atoms with van der Waals surface area (Å²) in [5, 5.41) is 5.34. The first-order valence-electron chi connectivity index (χ1n) is 12.8. The van der Waals surface area contributed by atoms with Crippen molar-refractivity contribution in [1.29, 1.82) is 0 Å². The molecular formula is C26H35N3O6S2. The maximum absolute atomic E-state index is 13.2. The number of sulfonamides is 1. The maximum atomic E-state index is 13.2. The number of rotatable bonds is 11. The molecule has 3 heterocycles. The summed E-state index contributed by atoms with van der Waals surface area (Å²) >= 11 is 1.70. The van der Waals surface area contributed by atoms with Crippen molar-refractivity contribution in [1.82, 2.24) is 14.5 Å². The number of ether oxygens (including phenoxy) is 2. The minimum atomic E-state index is -3.77. The molecule has 0 radical (unpaired) electrons. The number of thiophene rings is 1. The van der Waals surface area contributed by atoms with Crippen molar-refractivity contribution in [3.63, 3.8) is 0 Å². The standard InChI is InChI=1S/C26H35N3O6S2/c1-2-35-26(31)20-8-10-29(11-9-20)37(32,33)22-6-3-5-21(17-22)24(30)19-27-18-23(25-7-4-16-36-25)28-12-14-34-15-13-28/h3-7,16-17,20,23,27H,2,8-15,18-19H2,1H3. The number of benzene rings is 1. The van der Waals surface area contributed by atoms with Gasteiger partial charge in [-0.15, -0.1) is 11.3 Å². The van der Waals surface area contributed by atoms with Gasteiger partial charge in [-0.3, -0.25) is 14.5 Å². The quantitative estimate of drug-likeness (QED) is 0.337. The fourth-order valence-electron chi connectivity index (χ4n) is 4.78. The number of ketones is 1. The minimum Gasteiger partial charge on any atom is -0.466 e. The van der Waals surface area contributed by atoms with E-state index in [9.17, 15) is 18.0 Å². The van der Waals surface area contributed by atoms with E-state index in [0.717, 1.165) is 13.1 Å². The van der Waals surface area contributed by atoms with Gasteiger partial charge in [-0.1, -0.05) is 18.2 Å². The van der Waals surface area contributed by atoms with E-state index in [2.05, 4.69) is 21.7 Å². The van der Waals surface area contributed by atoms with Gasteiger partial charge in [0.05, 0.1) is 43.2 Å². The van der Waals surface area contributed by atoms with Crippen LogP contribution >= 0.6 is 11.3 Å². The van der Waals surface area contributed by atoms with Crippen LogP contribution in [0.4, 0.5) is 0 Å². The molecule has 0 saturated carbocycles. The summed E-state index contributed by atoms with van der Waals surface area (Å²) in [6, 6.07) is 10.5. The van der Waals surface area contributed by atoms with Crippen LogP contribution in [0.3, 0.4) is 0 Å². The topological polar surface area (TPSA) is 105 Å². The minimum absolute atomic E-state index is 0.0951. The molecule has 0 bridgehead atoms. The van der Waals surface area contributed by atoms with Crippen LogP contribution in [0.2, 0.25) is 0 Å². The third-order valence-corrected chi connectivity index (χ3v) is 9.72. The Kier molecular flexibility index (Phi) is 9.85. The number of hydrogen-bond acceptors (Lipinski definition) is 9. The fraction of sp³-hybridized carbons (Fsp3) is 0.538. The lowest BCUT2D eigenvalue weighted by Crippen LogP contribution is -2.43. The summed E-state index contributed by atoms with van der Waals surface area (Å²) in [4.78, 5) is 28.7. The van der Waals surface area contributed by atoms with Gasteiger partial charge < -0.3 is 14.8 Å². The number of nitrogens with zero attached hydrogens (tertiary/aromatic N) is 2. The predicted octanol–water partition coefficient (Wildman–Crippen LogP) is 2.56. The fourth-order valence-corrected chi connectivity index (χ4v) is 7.15. The largest absolute Gasteiger partial charge is 0.466 e. The van der Waals surface area contributed by atoms with Gasteiger partial charge in [-0.05, 0) is 43.3 Å². The molecule has 2 fully saturated rings. The lowest BCUT2D eigenvalue weighted by molar-refractivity contribution is -0.149. The molecule has 2 aliphatic rings. The molecule has 1 atom stereocenters. The van der Waals surface area contributed by atoms with Crippen molar-refractivity contribution in [3.8, 4) is 0 Å². The zero-order valence-electron chi connectivity index (χ0n) is 21.1.